The Hall–Kier alpha value is -2.63. The number of carbonyl (C=O) groups is 1. The highest BCUT2D eigenvalue weighted by Crippen LogP contribution is 2.34. The van der Waals surface area contributed by atoms with Crippen LogP contribution in [0.3, 0.4) is 0 Å². The summed E-state index contributed by atoms with van der Waals surface area (Å²) in [6.45, 7) is 11.1. The van der Waals surface area contributed by atoms with Crippen molar-refractivity contribution in [2.75, 3.05) is 19.6 Å². The third-order valence-electron chi connectivity index (χ3n) is 5.56. The Morgan fingerprint density at radius 2 is 1.89 bits per heavy atom. The minimum Gasteiger partial charge on any atom is -0.508 e. The largest absolute Gasteiger partial charge is 0.508 e. The Bertz CT molecular complexity index is 834. The highest BCUT2D eigenvalue weighted by Gasteiger charge is 2.34. The van der Waals surface area contributed by atoms with Crippen LogP contribution in [0.4, 0.5) is 0 Å². The van der Waals surface area contributed by atoms with Crippen molar-refractivity contribution in [2.24, 2.45) is 5.73 Å². The lowest BCUT2D eigenvalue weighted by Crippen LogP contribution is -2.57. The van der Waals surface area contributed by atoms with E-state index in [2.05, 4.69) is 30.2 Å². The standard InChI is InChI=1S/C23H29N3O2/c1-4-12-25-14-17(3)26(15-16(25)2)22(20-6-5-7-21(27)13-20)18-8-10-19(11-9-18)23(24)28/h4-11,13,16-17,22,27H,1,12,14-15H2,2-3H3,(H2,24,28)/t16-,17-,22-/m0/s1. The van der Waals surface area contributed by atoms with Crippen molar-refractivity contribution in [3.63, 3.8) is 0 Å². The molecular formula is C23H29N3O2. The van der Waals surface area contributed by atoms with Gasteiger partial charge in [0.1, 0.15) is 5.75 Å². The van der Waals surface area contributed by atoms with Gasteiger partial charge in [-0.05, 0) is 49.2 Å². The predicted octanol–water partition coefficient (Wildman–Crippen LogP) is 3.16. The summed E-state index contributed by atoms with van der Waals surface area (Å²) in [6, 6.07) is 15.6. The van der Waals surface area contributed by atoms with E-state index in [9.17, 15) is 9.90 Å². The molecule has 5 nitrogen and oxygen atoms in total. The van der Waals surface area contributed by atoms with E-state index < -0.39 is 5.91 Å². The normalized spacial score (nSPS) is 21.9. The molecule has 0 aromatic heterocycles. The van der Waals surface area contributed by atoms with Gasteiger partial charge in [-0.15, -0.1) is 6.58 Å². The fourth-order valence-electron chi connectivity index (χ4n) is 4.10. The van der Waals surface area contributed by atoms with Crippen molar-refractivity contribution >= 4 is 5.91 Å². The first-order chi connectivity index (χ1) is 13.4. The van der Waals surface area contributed by atoms with Crippen molar-refractivity contribution in [1.82, 2.24) is 9.80 Å². The van der Waals surface area contributed by atoms with Crippen molar-refractivity contribution in [3.05, 3.63) is 77.9 Å². The van der Waals surface area contributed by atoms with Crippen molar-refractivity contribution in [1.29, 1.82) is 0 Å². The second kappa shape index (κ2) is 8.59. The summed E-state index contributed by atoms with van der Waals surface area (Å²) in [7, 11) is 0. The number of carbonyl (C=O) groups excluding carboxylic acids is 1. The van der Waals surface area contributed by atoms with E-state index in [1.54, 1.807) is 18.2 Å². The molecule has 0 aliphatic carbocycles. The van der Waals surface area contributed by atoms with Crippen LogP contribution in [0.1, 0.15) is 41.4 Å². The Morgan fingerprint density at radius 3 is 2.50 bits per heavy atom. The van der Waals surface area contributed by atoms with Crippen molar-refractivity contribution < 1.29 is 9.90 Å². The molecule has 0 unspecified atom stereocenters. The lowest BCUT2D eigenvalue weighted by atomic mass is 9.92. The van der Waals surface area contributed by atoms with Crippen LogP contribution in [-0.2, 0) is 0 Å². The van der Waals surface area contributed by atoms with E-state index in [-0.39, 0.29) is 11.8 Å². The fraction of sp³-hybridized carbons (Fsp3) is 0.348. The van der Waals surface area contributed by atoms with Gasteiger partial charge in [0.05, 0.1) is 6.04 Å². The summed E-state index contributed by atoms with van der Waals surface area (Å²) in [6.07, 6.45) is 1.95. The van der Waals surface area contributed by atoms with E-state index in [1.165, 1.54) is 0 Å². The molecular weight excluding hydrogens is 350 g/mol. The number of nitrogens with two attached hydrogens (primary N) is 1. The van der Waals surface area contributed by atoms with Crippen LogP contribution in [0, 0.1) is 0 Å². The number of phenolic OH excluding ortho intramolecular Hbond substituents is 1. The van der Waals surface area contributed by atoms with Gasteiger partial charge in [0.2, 0.25) is 5.91 Å². The number of benzene rings is 2. The minimum atomic E-state index is -0.430. The Balaban J connectivity index is 1.99. The molecule has 2 aromatic rings. The molecule has 5 heteroatoms. The monoisotopic (exact) mass is 379 g/mol. The molecule has 0 spiro atoms. The lowest BCUT2D eigenvalue weighted by Gasteiger charge is -2.47. The summed E-state index contributed by atoms with van der Waals surface area (Å²) in [5.74, 6) is -0.178. The maximum absolute atomic E-state index is 11.5. The molecule has 0 radical (unpaired) electrons. The van der Waals surface area contributed by atoms with Crippen LogP contribution in [0.5, 0.6) is 5.75 Å². The molecule has 2 aromatic carbocycles. The first-order valence-corrected chi connectivity index (χ1v) is 9.70. The van der Waals surface area contributed by atoms with Crippen LogP contribution in [0.25, 0.3) is 0 Å². The summed E-state index contributed by atoms with van der Waals surface area (Å²) in [5, 5.41) is 10.1. The first-order valence-electron chi connectivity index (χ1n) is 9.70. The maximum atomic E-state index is 11.5. The molecule has 1 fully saturated rings. The minimum absolute atomic E-state index is 0.0163. The second-order valence-corrected chi connectivity index (χ2v) is 7.62. The topological polar surface area (TPSA) is 69.8 Å². The molecule has 3 N–H and O–H groups in total. The zero-order valence-electron chi connectivity index (χ0n) is 16.6. The number of piperazine rings is 1. The Labute approximate surface area is 167 Å². The van der Waals surface area contributed by atoms with Gasteiger partial charge in [0, 0.05) is 37.3 Å². The third-order valence-corrected chi connectivity index (χ3v) is 5.56. The molecule has 148 valence electrons. The van der Waals surface area contributed by atoms with Crippen LogP contribution < -0.4 is 5.73 Å². The fourth-order valence-corrected chi connectivity index (χ4v) is 4.10. The van der Waals surface area contributed by atoms with Crippen LogP contribution >= 0.6 is 0 Å². The highest BCUT2D eigenvalue weighted by molar-refractivity contribution is 5.92. The van der Waals surface area contributed by atoms with Gasteiger partial charge >= 0.3 is 0 Å². The quantitative estimate of drug-likeness (QED) is 0.757. The van der Waals surface area contributed by atoms with E-state index >= 15 is 0 Å². The zero-order chi connectivity index (χ0) is 20.3. The highest BCUT2D eigenvalue weighted by atomic mass is 16.3. The molecule has 0 bridgehead atoms. The molecule has 1 saturated heterocycles. The molecule has 3 atom stereocenters. The first kappa shape index (κ1) is 20.1. The SMILES string of the molecule is C=CCN1C[C@H](C)N([C@@H](c2ccc(C(N)=O)cc2)c2cccc(O)c2)C[C@@H]1C. The average Bonchev–Trinajstić information content (AvgIpc) is 2.66. The van der Waals surface area contributed by atoms with Crippen LogP contribution in [0.15, 0.2) is 61.2 Å². The smallest absolute Gasteiger partial charge is 0.248 e. The van der Waals surface area contributed by atoms with E-state index in [4.69, 9.17) is 5.73 Å². The third kappa shape index (κ3) is 4.26. The van der Waals surface area contributed by atoms with E-state index in [1.807, 2.05) is 36.4 Å². The molecule has 1 aliphatic rings. The van der Waals surface area contributed by atoms with Gasteiger partial charge in [0.25, 0.3) is 0 Å². The number of hydrogen-bond donors (Lipinski definition) is 2. The second-order valence-electron chi connectivity index (χ2n) is 7.62. The number of phenols is 1. The number of aromatic hydroxyl groups is 1. The van der Waals surface area contributed by atoms with Crippen molar-refractivity contribution in [2.45, 2.75) is 32.0 Å². The summed E-state index contributed by atoms with van der Waals surface area (Å²) in [5.41, 5.74) is 8.00. The van der Waals surface area contributed by atoms with Gasteiger partial charge in [-0.2, -0.15) is 0 Å². The molecule has 1 heterocycles. The zero-order valence-corrected chi connectivity index (χ0v) is 16.6. The van der Waals surface area contributed by atoms with Gasteiger partial charge in [-0.25, -0.2) is 0 Å². The van der Waals surface area contributed by atoms with Crippen LogP contribution in [0.2, 0.25) is 0 Å². The Kier molecular flexibility index (Phi) is 6.17. The van der Waals surface area contributed by atoms with Crippen LogP contribution in [-0.4, -0.2) is 52.5 Å². The number of rotatable bonds is 6. The van der Waals surface area contributed by atoms with Gasteiger partial charge < -0.3 is 10.8 Å². The molecule has 3 rings (SSSR count). The molecule has 0 saturated carbocycles. The van der Waals surface area contributed by atoms with Crippen molar-refractivity contribution in [3.8, 4) is 5.75 Å². The predicted molar refractivity (Wildman–Crippen MR) is 112 cm³/mol. The maximum Gasteiger partial charge on any atom is 0.248 e. The number of nitrogens with zero attached hydrogens (tertiary/aromatic N) is 2. The molecule has 1 amide bonds. The summed E-state index contributed by atoms with van der Waals surface area (Å²) >= 11 is 0. The average molecular weight is 380 g/mol. The summed E-state index contributed by atoms with van der Waals surface area (Å²) < 4.78 is 0. The van der Waals surface area contributed by atoms with Gasteiger partial charge in [-0.1, -0.05) is 30.3 Å². The van der Waals surface area contributed by atoms with Gasteiger partial charge in [-0.3, -0.25) is 14.6 Å². The number of hydrogen-bond acceptors (Lipinski definition) is 4. The number of amides is 1. The van der Waals surface area contributed by atoms with E-state index in [0.29, 0.717) is 17.6 Å². The summed E-state index contributed by atoms with van der Waals surface area (Å²) in [4.78, 5) is 16.4. The lowest BCUT2D eigenvalue weighted by molar-refractivity contribution is 0.0306. The molecule has 1 aliphatic heterocycles. The van der Waals surface area contributed by atoms with E-state index in [0.717, 1.165) is 30.8 Å². The molecule has 28 heavy (non-hydrogen) atoms. The number of primary amides is 1. The van der Waals surface area contributed by atoms with Gasteiger partial charge in [0.15, 0.2) is 0 Å². The Morgan fingerprint density at radius 1 is 1.18 bits per heavy atom.